The normalized spacial score (nSPS) is 17.7. The number of nitrogens with zero attached hydrogens (tertiary/aromatic N) is 4. The molecule has 5 nitrogen and oxygen atoms in total. The fourth-order valence-corrected chi connectivity index (χ4v) is 2.53. The average Bonchev–Trinajstić information content (AvgIpc) is 2.41. The van der Waals surface area contributed by atoms with Crippen molar-refractivity contribution in [2.45, 2.75) is 26.4 Å². The number of aromatic nitrogens is 2. The first-order chi connectivity index (χ1) is 9.10. The van der Waals surface area contributed by atoms with Crippen molar-refractivity contribution in [2.24, 2.45) is 5.92 Å². The molecular weight excluding hydrogens is 240 g/mol. The highest BCUT2D eigenvalue weighted by Crippen LogP contribution is 2.19. The van der Waals surface area contributed by atoms with Crippen LogP contribution in [0.4, 0.5) is 5.95 Å². The Morgan fingerprint density at radius 3 is 2.68 bits per heavy atom. The maximum absolute atomic E-state index is 9.14. The molecule has 5 heteroatoms. The fourth-order valence-electron chi connectivity index (χ4n) is 2.53. The summed E-state index contributed by atoms with van der Waals surface area (Å²) in [4.78, 5) is 13.3. The van der Waals surface area contributed by atoms with E-state index in [1.165, 1.54) is 25.9 Å². The van der Waals surface area contributed by atoms with Gasteiger partial charge in [0, 0.05) is 31.0 Å². The number of anilines is 1. The molecule has 1 aromatic rings. The predicted molar refractivity (Wildman–Crippen MR) is 76.2 cm³/mol. The van der Waals surface area contributed by atoms with Crippen LogP contribution in [0.15, 0.2) is 6.20 Å². The van der Waals surface area contributed by atoms with Crippen LogP contribution >= 0.6 is 0 Å². The molecule has 1 aromatic heterocycles. The first-order valence-electron chi connectivity index (χ1n) is 6.93. The number of piperidine rings is 1. The summed E-state index contributed by atoms with van der Waals surface area (Å²) in [5.74, 6) is 1.48. The topological polar surface area (TPSA) is 52.5 Å². The van der Waals surface area contributed by atoms with Gasteiger partial charge in [0.15, 0.2) is 0 Å². The van der Waals surface area contributed by atoms with Crippen molar-refractivity contribution in [1.82, 2.24) is 14.9 Å². The Bertz CT molecular complexity index is 416. The van der Waals surface area contributed by atoms with Crippen LogP contribution in [0.25, 0.3) is 0 Å². The molecule has 1 N–H and O–H groups in total. The molecule has 0 saturated carbocycles. The number of aliphatic hydroxyl groups excluding tert-OH is 1. The van der Waals surface area contributed by atoms with E-state index in [9.17, 15) is 0 Å². The van der Waals surface area contributed by atoms with Crippen molar-refractivity contribution in [3.63, 3.8) is 0 Å². The molecule has 0 aromatic carbocycles. The van der Waals surface area contributed by atoms with E-state index in [1.54, 1.807) is 6.20 Å². The minimum atomic E-state index is 0.00475. The third-order valence-corrected chi connectivity index (χ3v) is 3.95. The van der Waals surface area contributed by atoms with E-state index in [4.69, 9.17) is 5.11 Å². The summed E-state index contributed by atoms with van der Waals surface area (Å²) in [6.07, 6.45) is 4.21. The van der Waals surface area contributed by atoms with Gasteiger partial charge in [0.25, 0.3) is 0 Å². The molecule has 1 aliphatic heterocycles. The Morgan fingerprint density at radius 2 is 2.11 bits per heavy atom. The van der Waals surface area contributed by atoms with Gasteiger partial charge in [-0.2, -0.15) is 0 Å². The lowest BCUT2D eigenvalue weighted by atomic mass is 9.97. The molecule has 1 saturated heterocycles. The second-order valence-electron chi connectivity index (χ2n) is 5.57. The standard InChI is InChI=1S/C14H24N4O/c1-11-13(10-19)8-15-14(16-11)18(3)9-12-4-6-17(2)7-5-12/h8,12,19H,4-7,9-10H2,1-3H3. The van der Waals surface area contributed by atoms with Gasteiger partial charge in [-0.1, -0.05) is 0 Å². The van der Waals surface area contributed by atoms with Crippen LogP contribution in [0.1, 0.15) is 24.1 Å². The predicted octanol–water partition coefficient (Wildman–Crippen LogP) is 1.06. The zero-order valence-corrected chi connectivity index (χ0v) is 12.1. The van der Waals surface area contributed by atoms with Crippen molar-refractivity contribution in [3.05, 3.63) is 17.5 Å². The SMILES string of the molecule is Cc1nc(N(C)CC2CCN(C)CC2)ncc1CO. The number of likely N-dealkylation sites (tertiary alicyclic amines) is 1. The Labute approximate surface area is 115 Å². The summed E-state index contributed by atoms with van der Waals surface area (Å²) in [6, 6.07) is 0. The molecule has 0 bridgehead atoms. The first kappa shape index (κ1) is 14.2. The molecule has 0 unspecified atom stereocenters. The van der Waals surface area contributed by atoms with Gasteiger partial charge in [-0.05, 0) is 45.8 Å². The summed E-state index contributed by atoms with van der Waals surface area (Å²) in [5.41, 5.74) is 1.67. The molecule has 0 atom stereocenters. The minimum absolute atomic E-state index is 0.00475. The van der Waals surface area contributed by atoms with E-state index in [0.717, 1.165) is 29.7 Å². The molecule has 1 aliphatic rings. The number of rotatable bonds is 4. The monoisotopic (exact) mass is 264 g/mol. The van der Waals surface area contributed by atoms with Crippen molar-refractivity contribution in [2.75, 3.05) is 38.6 Å². The molecule has 0 spiro atoms. The van der Waals surface area contributed by atoms with Crippen LogP contribution < -0.4 is 4.90 Å². The lowest BCUT2D eigenvalue weighted by Crippen LogP contribution is -2.36. The number of aliphatic hydroxyl groups is 1. The Morgan fingerprint density at radius 1 is 1.42 bits per heavy atom. The van der Waals surface area contributed by atoms with Crippen LogP contribution in [0.5, 0.6) is 0 Å². The maximum atomic E-state index is 9.14. The highest BCUT2D eigenvalue weighted by molar-refractivity contribution is 5.31. The summed E-state index contributed by atoms with van der Waals surface area (Å²) in [5, 5.41) is 9.14. The van der Waals surface area contributed by atoms with Crippen LogP contribution in [-0.4, -0.2) is 53.7 Å². The highest BCUT2D eigenvalue weighted by Gasteiger charge is 2.19. The third-order valence-electron chi connectivity index (χ3n) is 3.95. The van der Waals surface area contributed by atoms with Gasteiger partial charge in [-0.25, -0.2) is 9.97 Å². The Balaban J connectivity index is 1.96. The van der Waals surface area contributed by atoms with Crippen LogP contribution in [-0.2, 0) is 6.61 Å². The van der Waals surface area contributed by atoms with Crippen molar-refractivity contribution in [3.8, 4) is 0 Å². The Hall–Kier alpha value is -1.20. The molecule has 0 radical (unpaired) electrons. The number of aryl methyl sites for hydroxylation is 1. The molecule has 106 valence electrons. The smallest absolute Gasteiger partial charge is 0.225 e. The van der Waals surface area contributed by atoms with Gasteiger partial charge in [0.2, 0.25) is 5.95 Å². The van der Waals surface area contributed by atoms with Crippen LogP contribution in [0.2, 0.25) is 0 Å². The molecular formula is C14H24N4O. The van der Waals surface area contributed by atoms with Crippen LogP contribution in [0, 0.1) is 12.8 Å². The van der Waals surface area contributed by atoms with Crippen molar-refractivity contribution in [1.29, 1.82) is 0 Å². The van der Waals surface area contributed by atoms with E-state index < -0.39 is 0 Å². The maximum Gasteiger partial charge on any atom is 0.225 e. The van der Waals surface area contributed by atoms with Gasteiger partial charge < -0.3 is 14.9 Å². The van der Waals surface area contributed by atoms with E-state index in [1.807, 2.05) is 14.0 Å². The second kappa shape index (κ2) is 6.30. The quantitative estimate of drug-likeness (QED) is 0.881. The Kier molecular flexibility index (Phi) is 4.71. The number of hydrogen-bond acceptors (Lipinski definition) is 5. The van der Waals surface area contributed by atoms with Gasteiger partial charge >= 0.3 is 0 Å². The van der Waals surface area contributed by atoms with Gasteiger partial charge in [-0.3, -0.25) is 0 Å². The molecule has 2 heterocycles. The van der Waals surface area contributed by atoms with E-state index in [-0.39, 0.29) is 6.61 Å². The summed E-state index contributed by atoms with van der Waals surface area (Å²) >= 11 is 0. The lowest BCUT2D eigenvalue weighted by molar-refractivity contribution is 0.222. The summed E-state index contributed by atoms with van der Waals surface area (Å²) in [7, 11) is 4.23. The van der Waals surface area contributed by atoms with Crippen molar-refractivity contribution >= 4 is 5.95 Å². The minimum Gasteiger partial charge on any atom is -0.392 e. The van der Waals surface area contributed by atoms with Gasteiger partial charge in [0.05, 0.1) is 6.61 Å². The average molecular weight is 264 g/mol. The molecule has 1 fully saturated rings. The third kappa shape index (κ3) is 3.64. The largest absolute Gasteiger partial charge is 0.392 e. The van der Waals surface area contributed by atoms with Gasteiger partial charge in [-0.15, -0.1) is 0 Å². The molecule has 2 rings (SSSR count). The molecule has 19 heavy (non-hydrogen) atoms. The second-order valence-corrected chi connectivity index (χ2v) is 5.57. The zero-order valence-electron chi connectivity index (χ0n) is 12.1. The zero-order chi connectivity index (χ0) is 13.8. The lowest BCUT2D eigenvalue weighted by Gasteiger charge is -2.31. The first-order valence-corrected chi connectivity index (χ1v) is 6.93. The molecule has 0 amide bonds. The van der Waals surface area contributed by atoms with Crippen molar-refractivity contribution < 1.29 is 5.11 Å². The fraction of sp³-hybridized carbons (Fsp3) is 0.714. The summed E-state index contributed by atoms with van der Waals surface area (Å²) in [6.45, 7) is 5.29. The highest BCUT2D eigenvalue weighted by atomic mass is 16.3. The van der Waals surface area contributed by atoms with E-state index >= 15 is 0 Å². The van der Waals surface area contributed by atoms with E-state index in [0.29, 0.717) is 0 Å². The summed E-state index contributed by atoms with van der Waals surface area (Å²) < 4.78 is 0. The molecule has 0 aliphatic carbocycles. The van der Waals surface area contributed by atoms with E-state index in [2.05, 4.69) is 26.8 Å². The van der Waals surface area contributed by atoms with Crippen LogP contribution in [0.3, 0.4) is 0 Å². The van der Waals surface area contributed by atoms with Gasteiger partial charge in [0.1, 0.15) is 0 Å². The number of hydrogen-bond donors (Lipinski definition) is 1.